The van der Waals surface area contributed by atoms with Crippen molar-refractivity contribution < 1.29 is 14.3 Å². The van der Waals surface area contributed by atoms with E-state index >= 15 is 0 Å². The summed E-state index contributed by atoms with van der Waals surface area (Å²) in [4.78, 5) is 21.9. The Morgan fingerprint density at radius 1 is 1.82 bits per heavy atom. The molecule has 0 aromatic heterocycles. The van der Waals surface area contributed by atoms with E-state index in [1.54, 1.807) is 7.05 Å². The highest BCUT2D eigenvalue weighted by molar-refractivity contribution is 5.98. The number of carbonyl (C=O) groups is 2. The summed E-state index contributed by atoms with van der Waals surface area (Å²) < 4.78 is 4.43. The fraction of sp³-hybridized carbons (Fsp3) is 0.667. The second-order valence-corrected chi connectivity index (χ2v) is 2.34. The molecule has 1 N–H and O–H groups in total. The molecular weight excluding hydrogens is 148 g/mol. The van der Waals surface area contributed by atoms with Crippen LogP contribution in [-0.4, -0.2) is 37.6 Å². The van der Waals surface area contributed by atoms with Crippen LogP contribution in [0.5, 0.6) is 0 Å². The van der Waals surface area contributed by atoms with Crippen molar-refractivity contribution in [2.24, 2.45) is 5.92 Å². The van der Waals surface area contributed by atoms with Crippen LogP contribution in [0.15, 0.2) is 0 Å². The first-order valence-electron chi connectivity index (χ1n) is 3.25. The maximum Gasteiger partial charge on any atom is 0.319 e. The lowest BCUT2D eigenvalue weighted by Crippen LogP contribution is -2.31. The number of hydrazine groups is 1. The molecule has 0 aromatic carbocycles. The number of methoxy groups -OCH3 is 1. The van der Waals surface area contributed by atoms with Crippen LogP contribution in [-0.2, 0) is 14.3 Å². The largest absolute Gasteiger partial charge is 0.468 e. The van der Waals surface area contributed by atoms with Gasteiger partial charge in [-0.05, 0) is 0 Å². The zero-order valence-electron chi connectivity index (χ0n) is 6.46. The van der Waals surface area contributed by atoms with E-state index in [0.717, 1.165) is 0 Å². The Kier molecular flexibility index (Phi) is 2.09. The number of nitrogens with one attached hydrogen (secondary N) is 1. The highest BCUT2D eigenvalue weighted by atomic mass is 16.5. The molecule has 1 saturated heterocycles. The van der Waals surface area contributed by atoms with Gasteiger partial charge in [-0.1, -0.05) is 0 Å². The molecule has 1 fully saturated rings. The molecule has 1 rings (SSSR count). The summed E-state index contributed by atoms with van der Waals surface area (Å²) in [5.41, 5.74) is 2.72. The summed E-state index contributed by atoms with van der Waals surface area (Å²) in [6, 6.07) is 0. The molecule has 0 bridgehead atoms. The average molecular weight is 158 g/mol. The van der Waals surface area contributed by atoms with E-state index in [-0.39, 0.29) is 5.91 Å². The highest BCUT2D eigenvalue weighted by Gasteiger charge is 2.35. The van der Waals surface area contributed by atoms with Gasteiger partial charge in [-0.2, -0.15) is 0 Å². The first-order chi connectivity index (χ1) is 5.16. The van der Waals surface area contributed by atoms with Gasteiger partial charge in [0.25, 0.3) is 5.91 Å². The van der Waals surface area contributed by atoms with Crippen molar-refractivity contribution >= 4 is 11.9 Å². The van der Waals surface area contributed by atoms with E-state index in [4.69, 9.17) is 0 Å². The maximum absolute atomic E-state index is 11.1. The monoisotopic (exact) mass is 158 g/mol. The second-order valence-electron chi connectivity index (χ2n) is 2.34. The number of ether oxygens (including phenoxy) is 1. The molecule has 5 nitrogen and oxygen atoms in total. The van der Waals surface area contributed by atoms with Crippen molar-refractivity contribution in [3.63, 3.8) is 0 Å². The summed E-state index contributed by atoms with van der Waals surface area (Å²) in [5.74, 6) is -1.38. The molecule has 0 aromatic rings. The van der Waals surface area contributed by atoms with Crippen molar-refractivity contribution in [3.05, 3.63) is 0 Å². The number of hydrogen-bond acceptors (Lipinski definition) is 4. The molecule has 1 heterocycles. The van der Waals surface area contributed by atoms with Gasteiger partial charge in [-0.25, -0.2) is 5.43 Å². The molecule has 0 aliphatic carbocycles. The van der Waals surface area contributed by atoms with Gasteiger partial charge in [0.05, 0.1) is 7.11 Å². The normalized spacial score (nSPS) is 24.0. The van der Waals surface area contributed by atoms with Crippen LogP contribution in [0.25, 0.3) is 0 Å². The second kappa shape index (κ2) is 2.87. The van der Waals surface area contributed by atoms with Gasteiger partial charge in [-0.3, -0.25) is 14.6 Å². The first-order valence-corrected chi connectivity index (χ1v) is 3.25. The summed E-state index contributed by atoms with van der Waals surface area (Å²) >= 11 is 0. The van der Waals surface area contributed by atoms with Gasteiger partial charge in [-0.15, -0.1) is 0 Å². The minimum atomic E-state index is -0.662. The Balaban J connectivity index is 2.62. The number of carbonyl (C=O) groups excluding carboxylic acids is 2. The lowest BCUT2D eigenvalue weighted by Gasteiger charge is -2.06. The minimum Gasteiger partial charge on any atom is -0.468 e. The molecule has 62 valence electrons. The van der Waals surface area contributed by atoms with E-state index in [2.05, 4.69) is 10.2 Å². The third kappa shape index (κ3) is 1.32. The van der Waals surface area contributed by atoms with E-state index in [1.807, 2.05) is 0 Å². The summed E-state index contributed by atoms with van der Waals surface area (Å²) in [7, 11) is 2.85. The molecule has 1 amide bonds. The Morgan fingerprint density at radius 2 is 2.45 bits per heavy atom. The fourth-order valence-corrected chi connectivity index (χ4v) is 0.954. The molecular formula is C6H10N2O3. The third-order valence-electron chi connectivity index (χ3n) is 1.65. The molecule has 1 aliphatic heterocycles. The van der Waals surface area contributed by atoms with Crippen LogP contribution in [0, 0.1) is 5.92 Å². The zero-order chi connectivity index (χ0) is 8.43. The van der Waals surface area contributed by atoms with E-state index < -0.39 is 11.9 Å². The van der Waals surface area contributed by atoms with Crippen molar-refractivity contribution in [2.45, 2.75) is 0 Å². The van der Waals surface area contributed by atoms with Crippen molar-refractivity contribution in [2.75, 3.05) is 20.7 Å². The van der Waals surface area contributed by atoms with Crippen LogP contribution in [0.1, 0.15) is 0 Å². The lowest BCUT2D eigenvalue weighted by atomic mass is 10.1. The van der Waals surface area contributed by atoms with Gasteiger partial charge in [0.15, 0.2) is 5.92 Å². The minimum absolute atomic E-state index is 0.239. The van der Waals surface area contributed by atoms with Gasteiger partial charge < -0.3 is 4.74 Å². The predicted octanol–water partition coefficient (Wildman–Crippen LogP) is -1.25. The van der Waals surface area contributed by atoms with Crippen LogP contribution < -0.4 is 5.43 Å². The number of amides is 1. The lowest BCUT2D eigenvalue weighted by molar-refractivity contribution is -0.149. The molecule has 0 radical (unpaired) electrons. The molecule has 1 aliphatic rings. The van der Waals surface area contributed by atoms with Gasteiger partial charge >= 0.3 is 5.97 Å². The quantitative estimate of drug-likeness (QED) is 0.383. The molecule has 0 spiro atoms. The van der Waals surface area contributed by atoms with E-state index in [0.29, 0.717) is 6.54 Å². The van der Waals surface area contributed by atoms with Crippen LogP contribution in [0.2, 0.25) is 0 Å². The Morgan fingerprint density at radius 3 is 2.82 bits per heavy atom. The number of rotatable bonds is 1. The van der Waals surface area contributed by atoms with Crippen molar-refractivity contribution in [1.82, 2.24) is 10.4 Å². The Hall–Kier alpha value is -1.10. The van der Waals surface area contributed by atoms with Crippen molar-refractivity contribution in [1.29, 1.82) is 0 Å². The molecule has 5 heteroatoms. The smallest absolute Gasteiger partial charge is 0.319 e. The molecule has 0 saturated carbocycles. The average Bonchev–Trinajstić information content (AvgIpc) is 2.32. The summed E-state index contributed by atoms with van der Waals surface area (Å²) in [6.45, 7) is 0.335. The number of hydrogen-bond donors (Lipinski definition) is 1. The number of nitrogens with zero attached hydrogens (tertiary/aromatic N) is 1. The third-order valence-corrected chi connectivity index (χ3v) is 1.65. The van der Waals surface area contributed by atoms with E-state index in [1.165, 1.54) is 12.1 Å². The molecule has 1 atom stereocenters. The standard InChI is InChI=1S/C6H10N2O3/c1-8-5(9)4(3-7-8)6(10)11-2/h4,7H,3H2,1-2H3. The fourth-order valence-electron chi connectivity index (χ4n) is 0.954. The van der Waals surface area contributed by atoms with Gasteiger partial charge in [0.1, 0.15) is 0 Å². The topological polar surface area (TPSA) is 58.6 Å². The Bertz CT molecular complexity index is 192. The van der Waals surface area contributed by atoms with Gasteiger partial charge in [0.2, 0.25) is 0 Å². The predicted molar refractivity (Wildman–Crippen MR) is 36.3 cm³/mol. The van der Waals surface area contributed by atoms with E-state index in [9.17, 15) is 9.59 Å². The SMILES string of the molecule is COC(=O)C1CNN(C)C1=O. The summed E-state index contributed by atoms with van der Waals surface area (Å²) in [6.07, 6.45) is 0. The van der Waals surface area contributed by atoms with Crippen LogP contribution in [0.3, 0.4) is 0 Å². The molecule has 1 unspecified atom stereocenters. The van der Waals surface area contributed by atoms with Crippen LogP contribution >= 0.6 is 0 Å². The zero-order valence-corrected chi connectivity index (χ0v) is 6.46. The van der Waals surface area contributed by atoms with Gasteiger partial charge in [0, 0.05) is 13.6 Å². The Labute approximate surface area is 64.3 Å². The van der Waals surface area contributed by atoms with Crippen molar-refractivity contribution in [3.8, 4) is 0 Å². The first kappa shape index (κ1) is 8.00. The number of esters is 1. The maximum atomic E-state index is 11.1. The highest BCUT2D eigenvalue weighted by Crippen LogP contribution is 2.07. The molecule has 11 heavy (non-hydrogen) atoms. The summed E-state index contributed by atoms with van der Waals surface area (Å²) in [5, 5.41) is 1.29. The van der Waals surface area contributed by atoms with Crippen LogP contribution in [0.4, 0.5) is 0 Å².